The first-order valence-electron chi connectivity index (χ1n) is 7.98. The van der Waals surface area contributed by atoms with E-state index in [1.54, 1.807) is 6.92 Å². The van der Waals surface area contributed by atoms with E-state index in [4.69, 9.17) is 4.74 Å². The van der Waals surface area contributed by atoms with Crippen LogP contribution in [0.3, 0.4) is 0 Å². The first-order valence-corrected chi connectivity index (χ1v) is 7.98. The van der Waals surface area contributed by atoms with Crippen molar-refractivity contribution in [2.45, 2.75) is 32.8 Å². The molecular formula is C18H26N2O2. The van der Waals surface area contributed by atoms with Crippen LogP contribution < -0.4 is 0 Å². The maximum atomic E-state index is 11.0. The van der Waals surface area contributed by atoms with E-state index in [0.29, 0.717) is 11.8 Å². The summed E-state index contributed by atoms with van der Waals surface area (Å²) in [4.78, 5) is 16.5. The Morgan fingerprint density at radius 2 is 2.00 bits per heavy atom. The van der Waals surface area contributed by atoms with Gasteiger partial charge in [-0.3, -0.25) is 4.79 Å². The number of aromatic nitrogens is 1. The predicted molar refractivity (Wildman–Crippen MR) is 90.4 cm³/mol. The van der Waals surface area contributed by atoms with Crippen molar-refractivity contribution in [1.82, 2.24) is 9.88 Å². The Hall–Kier alpha value is -1.65. The maximum absolute atomic E-state index is 11.0. The lowest BCUT2D eigenvalue weighted by Gasteiger charge is -2.29. The molecule has 0 radical (unpaired) electrons. The molecule has 0 spiro atoms. The molecule has 3 rings (SSSR count). The zero-order valence-corrected chi connectivity index (χ0v) is 13.8. The minimum atomic E-state index is 0.0752. The summed E-state index contributed by atoms with van der Waals surface area (Å²) < 4.78 is 5.26. The molecule has 1 aromatic heterocycles. The summed E-state index contributed by atoms with van der Waals surface area (Å²) in [5, 5.41) is 1.09. The highest BCUT2D eigenvalue weighted by molar-refractivity contribution is 5.97. The van der Waals surface area contributed by atoms with Gasteiger partial charge in [-0.05, 0) is 31.5 Å². The Kier molecular flexibility index (Phi) is 6.16. The molecule has 0 bridgehead atoms. The summed E-state index contributed by atoms with van der Waals surface area (Å²) >= 11 is 0. The largest absolute Gasteiger partial charge is 0.381 e. The van der Waals surface area contributed by atoms with Crippen LogP contribution in [0.15, 0.2) is 30.3 Å². The molecular weight excluding hydrogens is 276 g/mol. The van der Waals surface area contributed by atoms with E-state index in [1.807, 2.05) is 37.4 Å². The van der Waals surface area contributed by atoms with Crippen LogP contribution in [0.1, 0.15) is 37.2 Å². The number of carbonyl (C=O) groups is 1. The minimum Gasteiger partial charge on any atom is -0.381 e. The number of piperidine rings is 1. The number of carbonyl (C=O) groups excluding carboxylic acids is 1. The number of H-pyrrole nitrogens is 1. The predicted octanol–water partition coefficient (Wildman–Crippen LogP) is 3.49. The van der Waals surface area contributed by atoms with Crippen LogP contribution in [-0.2, 0) is 4.74 Å². The van der Waals surface area contributed by atoms with E-state index in [-0.39, 0.29) is 5.78 Å². The van der Waals surface area contributed by atoms with Gasteiger partial charge in [0.2, 0.25) is 0 Å². The fourth-order valence-electron chi connectivity index (χ4n) is 2.72. The van der Waals surface area contributed by atoms with Crippen molar-refractivity contribution in [3.8, 4) is 0 Å². The zero-order valence-electron chi connectivity index (χ0n) is 13.8. The normalized spacial score (nSPS) is 16.3. The number of fused-ring (bicyclic) bond motifs is 1. The topological polar surface area (TPSA) is 45.3 Å². The van der Waals surface area contributed by atoms with Crippen LogP contribution in [0.5, 0.6) is 0 Å². The molecule has 1 aromatic carbocycles. The summed E-state index contributed by atoms with van der Waals surface area (Å²) in [5.41, 5.74) is 1.69. The molecule has 2 heterocycles. The van der Waals surface area contributed by atoms with Crippen molar-refractivity contribution < 1.29 is 9.53 Å². The van der Waals surface area contributed by atoms with E-state index < -0.39 is 0 Å². The van der Waals surface area contributed by atoms with Gasteiger partial charge in [-0.2, -0.15) is 0 Å². The molecule has 4 nitrogen and oxygen atoms in total. The smallest absolute Gasteiger partial charge is 0.175 e. The highest BCUT2D eigenvalue weighted by atomic mass is 16.5. The van der Waals surface area contributed by atoms with Gasteiger partial charge >= 0.3 is 0 Å². The summed E-state index contributed by atoms with van der Waals surface area (Å²) in [6, 6.07) is 9.72. The third kappa shape index (κ3) is 4.42. The zero-order chi connectivity index (χ0) is 15.9. The highest BCUT2D eigenvalue weighted by Gasteiger charge is 2.16. The lowest BCUT2D eigenvalue weighted by Crippen LogP contribution is -2.36. The molecule has 1 N–H and O–H groups in total. The highest BCUT2D eigenvalue weighted by Crippen LogP contribution is 2.14. The van der Waals surface area contributed by atoms with E-state index in [9.17, 15) is 4.79 Å². The van der Waals surface area contributed by atoms with Crippen LogP contribution in [0.25, 0.3) is 10.9 Å². The van der Waals surface area contributed by atoms with Crippen LogP contribution >= 0.6 is 0 Å². The Morgan fingerprint density at radius 1 is 1.32 bits per heavy atom. The van der Waals surface area contributed by atoms with E-state index >= 15 is 0 Å². The lowest BCUT2D eigenvalue weighted by molar-refractivity contribution is 0.0427. The van der Waals surface area contributed by atoms with Gasteiger partial charge in [0.25, 0.3) is 0 Å². The maximum Gasteiger partial charge on any atom is 0.175 e. The van der Waals surface area contributed by atoms with E-state index in [2.05, 4.69) is 16.8 Å². The van der Waals surface area contributed by atoms with Crippen molar-refractivity contribution >= 4 is 16.7 Å². The summed E-state index contributed by atoms with van der Waals surface area (Å²) in [6.07, 6.45) is 2.96. The Labute approximate surface area is 132 Å². The van der Waals surface area contributed by atoms with Crippen molar-refractivity contribution in [2.24, 2.45) is 0 Å². The van der Waals surface area contributed by atoms with Crippen LogP contribution in [0.2, 0.25) is 0 Å². The minimum absolute atomic E-state index is 0.0752. The second-order valence-electron chi connectivity index (χ2n) is 5.70. The number of rotatable bonds is 3. The third-order valence-corrected chi connectivity index (χ3v) is 4.22. The van der Waals surface area contributed by atoms with Crippen molar-refractivity contribution in [3.05, 3.63) is 36.0 Å². The van der Waals surface area contributed by atoms with Crippen LogP contribution in [-0.4, -0.2) is 48.5 Å². The molecule has 1 saturated heterocycles. The number of benzene rings is 1. The molecule has 0 unspecified atom stereocenters. The number of nitrogens with zero attached hydrogens (tertiary/aromatic N) is 1. The van der Waals surface area contributed by atoms with Gasteiger partial charge in [0.05, 0.1) is 11.8 Å². The molecule has 4 heteroatoms. The molecule has 0 saturated carbocycles. The monoisotopic (exact) mass is 302 g/mol. The molecule has 1 aliphatic heterocycles. The Morgan fingerprint density at radius 3 is 2.55 bits per heavy atom. The number of ketones is 1. The van der Waals surface area contributed by atoms with Gasteiger partial charge in [0, 0.05) is 38.0 Å². The lowest BCUT2D eigenvalue weighted by atomic mass is 10.1. The fraction of sp³-hybridized carbons (Fsp3) is 0.500. The standard InChI is InChI=1S/C10H9NO.C8H17NO/c1-7(12)10-6-8-4-2-3-5-9(8)11-10;1-3-9-6-4-8(10-2)5-7-9/h2-6,11H,1H3;8H,3-7H2,1-2H3. The van der Waals surface area contributed by atoms with Crippen molar-refractivity contribution in [2.75, 3.05) is 26.7 Å². The van der Waals surface area contributed by atoms with Crippen molar-refractivity contribution in [1.29, 1.82) is 0 Å². The molecule has 0 amide bonds. The summed E-state index contributed by atoms with van der Waals surface area (Å²) in [6.45, 7) is 7.40. The van der Waals surface area contributed by atoms with E-state index in [1.165, 1.54) is 32.5 Å². The SMILES string of the molecule is CC(=O)c1cc2ccccc2[nH]1.CCN1CCC(OC)CC1. The van der Waals surface area contributed by atoms with Crippen LogP contribution in [0.4, 0.5) is 0 Å². The number of hydrogen-bond acceptors (Lipinski definition) is 3. The number of methoxy groups -OCH3 is 1. The second kappa shape index (κ2) is 8.11. The number of ether oxygens (including phenoxy) is 1. The first-order chi connectivity index (χ1) is 10.6. The molecule has 1 fully saturated rings. The molecule has 0 atom stereocenters. The quantitative estimate of drug-likeness (QED) is 0.883. The van der Waals surface area contributed by atoms with Gasteiger partial charge in [0.15, 0.2) is 5.78 Å². The van der Waals surface area contributed by atoms with Gasteiger partial charge in [0.1, 0.15) is 0 Å². The van der Waals surface area contributed by atoms with Gasteiger partial charge < -0.3 is 14.6 Å². The average Bonchev–Trinajstić information content (AvgIpc) is 3.00. The second-order valence-corrected chi connectivity index (χ2v) is 5.70. The van der Waals surface area contributed by atoms with Gasteiger partial charge in [-0.25, -0.2) is 0 Å². The van der Waals surface area contributed by atoms with Gasteiger partial charge in [-0.1, -0.05) is 25.1 Å². The molecule has 1 aliphatic rings. The van der Waals surface area contributed by atoms with Crippen LogP contribution in [0, 0.1) is 0 Å². The number of para-hydroxylation sites is 1. The Balaban J connectivity index is 0.000000164. The average molecular weight is 302 g/mol. The summed E-state index contributed by atoms with van der Waals surface area (Å²) in [5.74, 6) is 0.0752. The number of hydrogen-bond donors (Lipinski definition) is 1. The molecule has 120 valence electrons. The van der Waals surface area contributed by atoms with Crippen molar-refractivity contribution in [3.63, 3.8) is 0 Å². The first kappa shape index (κ1) is 16.7. The fourth-order valence-corrected chi connectivity index (χ4v) is 2.72. The molecule has 22 heavy (non-hydrogen) atoms. The molecule has 0 aliphatic carbocycles. The number of nitrogens with one attached hydrogen (secondary N) is 1. The number of likely N-dealkylation sites (tertiary alicyclic amines) is 1. The summed E-state index contributed by atoms with van der Waals surface area (Å²) in [7, 11) is 1.81. The third-order valence-electron chi connectivity index (χ3n) is 4.22. The van der Waals surface area contributed by atoms with E-state index in [0.717, 1.165) is 10.9 Å². The number of Topliss-reactive ketones (excluding diaryl/α,β-unsaturated/α-hetero) is 1. The molecule has 2 aromatic rings. The number of aromatic amines is 1. The Bertz CT molecular complexity index is 553. The van der Waals surface area contributed by atoms with Gasteiger partial charge in [-0.15, -0.1) is 0 Å².